The smallest absolute Gasteiger partial charge is 0.337 e. The lowest BCUT2D eigenvalue weighted by molar-refractivity contribution is 0.0698. The van der Waals surface area contributed by atoms with Gasteiger partial charge in [0.1, 0.15) is 10.1 Å². The quantitative estimate of drug-likeness (QED) is 0.213. The molecule has 10 heteroatoms. The van der Waals surface area contributed by atoms with E-state index in [9.17, 15) is 14.7 Å². The number of rotatable bonds is 2. The molecular weight excluding hydrogens is 695 g/mol. The summed E-state index contributed by atoms with van der Waals surface area (Å²) in [5.41, 5.74) is 1.14. The van der Waals surface area contributed by atoms with Gasteiger partial charge >= 0.3 is 5.97 Å². The second-order valence-electron chi connectivity index (χ2n) is 6.20. The highest BCUT2D eigenvalue weighted by molar-refractivity contribution is 9.11. The number of carbonyl (C=O) groups is 1. The molecule has 4 nitrogen and oxygen atoms in total. The van der Waals surface area contributed by atoms with E-state index < -0.39 is 5.97 Å². The molecule has 2 aromatic carbocycles. The molecule has 1 N–H and O–H groups in total. The van der Waals surface area contributed by atoms with Crippen molar-refractivity contribution in [3.05, 3.63) is 74.1 Å². The van der Waals surface area contributed by atoms with Gasteiger partial charge in [0.25, 0.3) is 0 Å². The number of carboxylic acid groups (broad SMARTS) is 1. The lowest BCUT2D eigenvalue weighted by Gasteiger charge is -2.20. The van der Waals surface area contributed by atoms with Crippen molar-refractivity contribution < 1.29 is 14.3 Å². The van der Waals surface area contributed by atoms with E-state index in [2.05, 4.69) is 63.7 Å². The average molecular weight is 701 g/mol. The maximum atomic E-state index is 12.5. The van der Waals surface area contributed by atoms with Crippen LogP contribution in [-0.4, -0.2) is 11.1 Å². The number of halogens is 6. The minimum atomic E-state index is -1.23. The highest BCUT2D eigenvalue weighted by Crippen LogP contribution is 2.49. The van der Waals surface area contributed by atoms with Gasteiger partial charge in [-0.15, -0.1) is 0 Å². The van der Waals surface area contributed by atoms with Crippen LogP contribution in [0.4, 0.5) is 0 Å². The number of fused-ring (bicyclic) bond motifs is 2. The van der Waals surface area contributed by atoms with E-state index in [1.165, 1.54) is 12.1 Å². The van der Waals surface area contributed by atoms with Crippen molar-refractivity contribution >= 4 is 104 Å². The summed E-state index contributed by atoms with van der Waals surface area (Å²) in [5.74, 6) is -0.978. The van der Waals surface area contributed by atoms with Crippen LogP contribution in [0.25, 0.3) is 33.4 Å². The van der Waals surface area contributed by atoms with Gasteiger partial charge in [-0.1, -0.05) is 39.1 Å². The van der Waals surface area contributed by atoms with E-state index in [4.69, 9.17) is 27.6 Å². The maximum absolute atomic E-state index is 12.5. The highest BCUT2D eigenvalue weighted by Gasteiger charge is 2.29. The van der Waals surface area contributed by atoms with Crippen LogP contribution in [0.3, 0.4) is 0 Å². The summed E-state index contributed by atoms with van der Waals surface area (Å²) in [5, 5.41) is 10.7. The Morgan fingerprint density at radius 2 is 1.60 bits per heavy atom. The van der Waals surface area contributed by atoms with Crippen molar-refractivity contribution in [3.8, 4) is 22.5 Å². The van der Waals surface area contributed by atoms with E-state index in [1.54, 1.807) is 18.2 Å². The molecule has 0 atom stereocenters. The first-order chi connectivity index (χ1) is 14.1. The monoisotopic (exact) mass is 696 g/mol. The predicted molar refractivity (Wildman–Crippen MR) is 132 cm³/mol. The van der Waals surface area contributed by atoms with Crippen LogP contribution in [0.15, 0.2) is 57.4 Å². The van der Waals surface area contributed by atoms with Gasteiger partial charge in [-0.05, 0) is 78.1 Å². The molecule has 0 radical (unpaired) electrons. The van der Waals surface area contributed by atoms with Crippen LogP contribution in [0, 0.1) is 0 Å². The molecule has 0 fully saturated rings. The van der Waals surface area contributed by atoms with Crippen molar-refractivity contribution in [2.75, 3.05) is 0 Å². The fourth-order valence-electron chi connectivity index (χ4n) is 3.24. The summed E-state index contributed by atoms with van der Waals surface area (Å²) in [7, 11) is 0. The topological polar surface area (TPSA) is 67.5 Å². The van der Waals surface area contributed by atoms with Gasteiger partial charge in [-0.2, -0.15) is 0 Å². The zero-order valence-corrected chi connectivity index (χ0v) is 22.2. The van der Waals surface area contributed by atoms with E-state index in [1.807, 2.05) is 0 Å². The summed E-state index contributed by atoms with van der Waals surface area (Å²) < 4.78 is 7.88. The first-order valence-corrected chi connectivity index (χ1v) is 12.0. The number of hydrogen-bond acceptors (Lipinski definition) is 3. The number of benzene rings is 3. The lowest BCUT2D eigenvalue weighted by Crippen LogP contribution is -2.08. The van der Waals surface area contributed by atoms with Gasteiger partial charge in [-0.25, -0.2) is 4.79 Å². The molecule has 30 heavy (non-hydrogen) atoms. The molecule has 152 valence electrons. The minimum Gasteiger partial charge on any atom is -0.478 e. The zero-order valence-electron chi connectivity index (χ0n) is 14.3. The first kappa shape index (κ1) is 22.3. The second kappa shape index (κ2) is 8.22. The van der Waals surface area contributed by atoms with E-state index in [-0.39, 0.29) is 41.3 Å². The molecule has 0 unspecified atom stereocenters. The van der Waals surface area contributed by atoms with Gasteiger partial charge in [0.2, 0.25) is 5.43 Å². The Morgan fingerprint density at radius 3 is 2.27 bits per heavy atom. The molecule has 1 heterocycles. The van der Waals surface area contributed by atoms with Gasteiger partial charge in [0.05, 0.1) is 19.5 Å². The Kier molecular flexibility index (Phi) is 6.11. The fourth-order valence-corrected chi connectivity index (χ4v) is 6.24. The minimum absolute atomic E-state index is 0.0385. The molecule has 0 bridgehead atoms. The number of hydrogen-bond donors (Lipinski definition) is 1. The molecule has 0 spiro atoms. The lowest BCUT2D eigenvalue weighted by atomic mass is 9.90. The summed E-state index contributed by atoms with van der Waals surface area (Å²) in [6, 6.07) is 8.12. The van der Waals surface area contributed by atoms with Gasteiger partial charge in [-0.3, -0.25) is 4.79 Å². The Bertz CT molecular complexity index is 1410. The van der Waals surface area contributed by atoms with Crippen LogP contribution in [0.1, 0.15) is 10.4 Å². The van der Waals surface area contributed by atoms with Crippen LogP contribution in [0.2, 0.25) is 10.0 Å². The summed E-state index contributed by atoms with van der Waals surface area (Å²) in [6.07, 6.45) is 0. The normalized spacial score (nSPS) is 11.4. The van der Waals surface area contributed by atoms with E-state index in [0.29, 0.717) is 26.6 Å². The van der Waals surface area contributed by atoms with Crippen molar-refractivity contribution in [1.82, 2.24) is 0 Å². The van der Waals surface area contributed by atoms with Crippen molar-refractivity contribution in [1.29, 1.82) is 0 Å². The largest absolute Gasteiger partial charge is 0.478 e. The van der Waals surface area contributed by atoms with Crippen LogP contribution >= 0.6 is 86.9 Å². The third kappa shape index (κ3) is 3.55. The molecule has 0 saturated carbocycles. The molecule has 0 aromatic heterocycles. The third-order valence-corrected chi connectivity index (χ3v) is 7.44. The SMILES string of the molecule is O=C(O)c1c(Cl)ccc(Cl)c1-c1c2cc(Br)c(=O)c(Br)c-2oc2c(Br)cc(Br)cc12. The van der Waals surface area contributed by atoms with Gasteiger partial charge < -0.3 is 9.52 Å². The first-order valence-electron chi connectivity index (χ1n) is 8.07. The molecule has 0 amide bonds. The molecular formula is C20H6Br4Cl2O4. The zero-order chi connectivity index (χ0) is 21.9. The number of carboxylic acids is 1. The van der Waals surface area contributed by atoms with Crippen LogP contribution < -0.4 is 5.43 Å². The Morgan fingerprint density at radius 1 is 0.933 bits per heavy atom. The molecule has 1 aliphatic heterocycles. The molecule has 2 aliphatic rings. The fraction of sp³-hybridized carbons (Fsp3) is 0. The van der Waals surface area contributed by atoms with Crippen LogP contribution in [0.5, 0.6) is 0 Å². The van der Waals surface area contributed by atoms with E-state index in [0.717, 1.165) is 4.47 Å². The van der Waals surface area contributed by atoms with Crippen molar-refractivity contribution in [2.45, 2.75) is 0 Å². The summed E-state index contributed by atoms with van der Waals surface area (Å²) in [6.45, 7) is 0. The van der Waals surface area contributed by atoms with E-state index >= 15 is 0 Å². The Hall–Kier alpha value is -0.900. The second-order valence-corrected chi connectivity index (χ2v) is 10.4. The van der Waals surface area contributed by atoms with Gasteiger partial charge in [0.15, 0.2) is 5.76 Å². The maximum Gasteiger partial charge on any atom is 0.337 e. The van der Waals surface area contributed by atoms with Crippen molar-refractivity contribution in [2.24, 2.45) is 0 Å². The molecule has 0 saturated heterocycles. The third-order valence-electron chi connectivity index (χ3n) is 4.45. The Balaban J connectivity index is 2.38. The van der Waals surface area contributed by atoms with Gasteiger partial charge in [0, 0.05) is 31.6 Å². The summed E-state index contributed by atoms with van der Waals surface area (Å²) >= 11 is 26.3. The predicted octanol–water partition coefficient (Wildman–Crippen LogP) is 8.62. The van der Waals surface area contributed by atoms with Crippen molar-refractivity contribution in [3.63, 3.8) is 0 Å². The number of aromatic carboxylic acids is 1. The Labute approximate surface area is 213 Å². The van der Waals surface area contributed by atoms with Crippen LogP contribution in [-0.2, 0) is 0 Å². The summed E-state index contributed by atoms with van der Waals surface area (Å²) in [4.78, 5) is 24.6. The average Bonchev–Trinajstić information content (AvgIpc) is 2.67. The molecule has 4 rings (SSSR count). The standard InChI is InChI=1S/C20H6Br4Cl2O4/c21-6-3-7-13(14-11(25)1-2-12(26)15(14)20(28)29)8-5-9(22)17(27)16(24)19(8)30-18(7)10(23)4-6/h1-5H,(H,28,29). The molecule has 2 aromatic rings. The highest BCUT2D eigenvalue weighted by atomic mass is 79.9. The molecule has 1 aliphatic carbocycles.